The molecular weight excluding hydrogens is 292 g/mol. The zero-order chi connectivity index (χ0) is 16.0. The van der Waals surface area contributed by atoms with Crippen molar-refractivity contribution in [1.82, 2.24) is 29.8 Å². The molecule has 4 rings (SSSR count). The number of hydrogen-bond donors (Lipinski definition) is 0. The Morgan fingerprint density at radius 1 is 1.22 bits per heavy atom. The van der Waals surface area contributed by atoms with E-state index in [-0.39, 0.29) is 12.0 Å². The van der Waals surface area contributed by atoms with Gasteiger partial charge >= 0.3 is 0 Å². The van der Waals surface area contributed by atoms with Crippen LogP contribution in [0, 0.1) is 0 Å². The lowest BCUT2D eigenvalue weighted by Crippen LogP contribution is -2.25. The van der Waals surface area contributed by atoms with Crippen LogP contribution < -0.4 is 0 Å². The highest BCUT2D eigenvalue weighted by Gasteiger charge is 2.33. The molecule has 0 spiro atoms. The van der Waals surface area contributed by atoms with E-state index in [0.717, 1.165) is 49.3 Å². The van der Waals surface area contributed by atoms with Gasteiger partial charge in [-0.3, -0.25) is 4.90 Å². The van der Waals surface area contributed by atoms with Crippen molar-refractivity contribution in [2.75, 3.05) is 6.54 Å². The van der Waals surface area contributed by atoms with Crippen LogP contribution in [-0.4, -0.2) is 36.3 Å². The molecule has 0 aromatic carbocycles. The van der Waals surface area contributed by atoms with Gasteiger partial charge in [-0.15, -0.1) is 10.2 Å². The first-order valence-corrected chi connectivity index (χ1v) is 8.59. The number of aromatic nitrogens is 5. The van der Waals surface area contributed by atoms with Crippen molar-refractivity contribution >= 4 is 0 Å². The van der Waals surface area contributed by atoms with Gasteiger partial charge in [0.05, 0.1) is 12.6 Å². The zero-order valence-corrected chi connectivity index (χ0v) is 14.1. The maximum absolute atomic E-state index is 5.38. The van der Waals surface area contributed by atoms with Gasteiger partial charge in [-0.25, -0.2) is 0 Å². The Morgan fingerprint density at radius 2 is 2.04 bits per heavy atom. The quantitative estimate of drug-likeness (QED) is 0.844. The Labute approximate surface area is 136 Å². The molecule has 3 heterocycles. The predicted octanol–water partition coefficient (Wildman–Crippen LogP) is 2.54. The van der Waals surface area contributed by atoms with E-state index >= 15 is 0 Å². The molecule has 2 aromatic rings. The zero-order valence-electron chi connectivity index (χ0n) is 14.1. The van der Waals surface area contributed by atoms with E-state index < -0.39 is 0 Å². The molecule has 0 amide bonds. The molecule has 1 saturated heterocycles. The van der Waals surface area contributed by atoms with Crippen LogP contribution in [0.5, 0.6) is 0 Å². The van der Waals surface area contributed by atoms with Crippen LogP contribution in [0.4, 0.5) is 0 Å². The van der Waals surface area contributed by atoms with E-state index in [0.29, 0.717) is 5.92 Å². The highest BCUT2D eigenvalue weighted by molar-refractivity contribution is 5.08. The van der Waals surface area contributed by atoms with Crippen molar-refractivity contribution in [2.24, 2.45) is 7.05 Å². The van der Waals surface area contributed by atoms with Gasteiger partial charge in [0, 0.05) is 18.9 Å². The van der Waals surface area contributed by atoms with Crippen LogP contribution in [0.15, 0.2) is 4.52 Å². The van der Waals surface area contributed by atoms with Crippen molar-refractivity contribution in [1.29, 1.82) is 0 Å². The average molecular weight is 316 g/mol. The van der Waals surface area contributed by atoms with Crippen LogP contribution in [0.2, 0.25) is 0 Å². The van der Waals surface area contributed by atoms with Crippen molar-refractivity contribution in [3.8, 4) is 0 Å². The maximum Gasteiger partial charge on any atom is 0.229 e. The van der Waals surface area contributed by atoms with E-state index in [1.165, 1.54) is 12.8 Å². The molecule has 0 radical (unpaired) electrons. The molecule has 1 aliphatic heterocycles. The van der Waals surface area contributed by atoms with Crippen LogP contribution >= 0.6 is 0 Å². The molecule has 0 N–H and O–H groups in total. The van der Waals surface area contributed by atoms with Gasteiger partial charge < -0.3 is 9.09 Å². The second-order valence-corrected chi connectivity index (χ2v) is 7.08. The molecule has 23 heavy (non-hydrogen) atoms. The first kappa shape index (κ1) is 14.8. The molecule has 1 saturated carbocycles. The number of likely N-dealkylation sites (tertiary alicyclic amines) is 1. The highest BCUT2D eigenvalue weighted by atomic mass is 16.5. The lowest BCUT2D eigenvalue weighted by Gasteiger charge is -2.21. The molecule has 0 bridgehead atoms. The van der Waals surface area contributed by atoms with E-state index in [1.54, 1.807) is 0 Å². The molecule has 2 fully saturated rings. The Hall–Kier alpha value is -1.76. The molecule has 1 atom stereocenters. The van der Waals surface area contributed by atoms with E-state index in [2.05, 4.69) is 50.7 Å². The second-order valence-electron chi connectivity index (χ2n) is 7.08. The summed E-state index contributed by atoms with van der Waals surface area (Å²) in [6.07, 6.45) is 4.73. The predicted molar refractivity (Wildman–Crippen MR) is 83.8 cm³/mol. The normalized spacial score (nSPS) is 22.3. The number of rotatable bonds is 5. The fourth-order valence-electron chi connectivity index (χ4n) is 3.32. The first-order valence-electron chi connectivity index (χ1n) is 8.59. The summed E-state index contributed by atoms with van der Waals surface area (Å²) in [6, 6.07) is 0.229. The molecule has 7 heteroatoms. The minimum atomic E-state index is 0.229. The van der Waals surface area contributed by atoms with Crippen LogP contribution in [0.3, 0.4) is 0 Å². The minimum Gasteiger partial charge on any atom is -0.339 e. The van der Waals surface area contributed by atoms with Crippen LogP contribution in [0.1, 0.15) is 80.8 Å². The fraction of sp³-hybridized carbons (Fsp3) is 0.750. The Bertz CT molecular complexity index is 687. The average Bonchev–Trinajstić information content (AvgIpc) is 2.95. The van der Waals surface area contributed by atoms with Gasteiger partial charge in [-0.2, -0.15) is 4.98 Å². The van der Waals surface area contributed by atoms with Crippen LogP contribution in [-0.2, 0) is 13.6 Å². The van der Waals surface area contributed by atoms with Crippen molar-refractivity contribution in [3.63, 3.8) is 0 Å². The minimum absolute atomic E-state index is 0.229. The largest absolute Gasteiger partial charge is 0.339 e. The molecule has 124 valence electrons. The summed E-state index contributed by atoms with van der Waals surface area (Å²) in [7, 11) is 2.08. The van der Waals surface area contributed by atoms with Crippen molar-refractivity contribution < 1.29 is 4.52 Å². The smallest absolute Gasteiger partial charge is 0.229 e. The topological polar surface area (TPSA) is 72.9 Å². The second kappa shape index (κ2) is 5.70. The van der Waals surface area contributed by atoms with E-state index in [1.807, 2.05) is 0 Å². The van der Waals surface area contributed by atoms with E-state index in [4.69, 9.17) is 4.52 Å². The monoisotopic (exact) mass is 316 g/mol. The SMILES string of the molecule is CC(C)c1nc(C2CCCN2Cc2nnc(C3CC3)n2C)no1. The Kier molecular flexibility index (Phi) is 3.67. The lowest BCUT2D eigenvalue weighted by atomic mass is 10.2. The molecule has 2 aliphatic rings. The number of nitrogens with zero attached hydrogens (tertiary/aromatic N) is 6. The summed E-state index contributed by atoms with van der Waals surface area (Å²) in [5.74, 6) is 4.61. The number of hydrogen-bond acceptors (Lipinski definition) is 6. The van der Waals surface area contributed by atoms with Gasteiger partial charge in [0.15, 0.2) is 5.82 Å². The summed E-state index contributed by atoms with van der Waals surface area (Å²) in [5, 5.41) is 13.0. The fourth-order valence-corrected chi connectivity index (χ4v) is 3.32. The van der Waals surface area contributed by atoms with Gasteiger partial charge in [0.2, 0.25) is 5.89 Å². The third-order valence-corrected chi connectivity index (χ3v) is 4.90. The maximum atomic E-state index is 5.38. The summed E-state index contributed by atoms with van der Waals surface area (Å²) in [4.78, 5) is 6.99. The summed E-state index contributed by atoms with van der Waals surface area (Å²) in [5.41, 5.74) is 0. The molecule has 2 aromatic heterocycles. The van der Waals surface area contributed by atoms with Crippen molar-refractivity contribution in [3.05, 3.63) is 23.4 Å². The van der Waals surface area contributed by atoms with Gasteiger partial charge in [-0.1, -0.05) is 19.0 Å². The summed E-state index contributed by atoms with van der Waals surface area (Å²) in [6.45, 7) is 5.99. The standard InChI is InChI=1S/C16H24N6O/c1-10(2)16-17-14(20-23-16)12-5-4-8-22(12)9-13-18-19-15(21(13)3)11-6-7-11/h10-12H,4-9H2,1-3H3. The molecule has 1 aliphatic carbocycles. The highest BCUT2D eigenvalue weighted by Crippen LogP contribution is 2.39. The van der Waals surface area contributed by atoms with Gasteiger partial charge in [0.1, 0.15) is 11.6 Å². The van der Waals surface area contributed by atoms with Gasteiger partial charge in [-0.05, 0) is 32.2 Å². The molecular formula is C16H24N6O. The Balaban J connectivity index is 1.51. The summed E-state index contributed by atoms with van der Waals surface area (Å²) >= 11 is 0. The third-order valence-electron chi connectivity index (χ3n) is 4.90. The summed E-state index contributed by atoms with van der Waals surface area (Å²) < 4.78 is 7.55. The third kappa shape index (κ3) is 2.78. The van der Waals surface area contributed by atoms with Crippen LogP contribution in [0.25, 0.3) is 0 Å². The van der Waals surface area contributed by atoms with E-state index in [9.17, 15) is 0 Å². The van der Waals surface area contributed by atoms with Crippen molar-refractivity contribution in [2.45, 2.75) is 64.0 Å². The Morgan fingerprint density at radius 3 is 2.74 bits per heavy atom. The molecule has 1 unspecified atom stereocenters. The van der Waals surface area contributed by atoms with Gasteiger partial charge in [0.25, 0.3) is 0 Å². The lowest BCUT2D eigenvalue weighted by molar-refractivity contribution is 0.226. The molecule has 7 nitrogen and oxygen atoms in total. The first-order chi connectivity index (χ1) is 11.1.